The number of carbonyl (C=O) groups is 2. The summed E-state index contributed by atoms with van der Waals surface area (Å²) in [5.74, 6) is -0.586. The third kappa shape index (κ3) is 6.95. The molecule has 4 heteroatoms. The van der Waals surface area contributed by atoms with Crippen LogP contribution in [0.25, 0.3) is 0 Å². The highest BCUT2D eigenvalue weighted by Crippen LogP contribution is 2.34. The smallest absolute Gasteiger partial charge is 0.338 e. The largest absolute Gasteiger partial charge is 0.465 e. The molecule has 0 aliphatic carbocycles. The number of carbonyl (C=O) groups excluding carboxylic acids is 2. The highest BCUT2D eigenvalue weighted by Gasteiger charge is 2.22. The van der Waals surface area contributed by atoms with Gasteiger partial charge in [-0.05, 0) is 28.3 Å². The molecule has 0 saturated carbocycles. The molecule has 4 nitrogen and oxygen atoms in total. The first-order chi connectivity index (χ1) is 19.1. The van der Waals surface area contributed by atoms with E-state index in [1.54, 1.807) is 48.5 Å². The van der Waals surface area contributed by atoms with Crippen LogP contribution in [0.4, 0.5) is 0 Å². The molecule has 1 unspecified atom stereocenters. The van der Waals surface area contributed by atoms with Gasteiger partial charge in [-0.15, -0.1) is 0 Å². The first kappa shape index (κ1) is 27.2. The van der Waals surface area contributed by atoms with Gasteiger partial charge < -0.3 is 9.84 Å². The maximum Gasteiger partial charge on any atom is 0.338 e. The fourth-order valence-corrected chi connectivity index (χ4v) is 4.43. The molecule has 1 atom stereocenters. The summed E-state index contributed by atoms with van der Waals surface area (Å²) >= 11 is 0. The lowest BCUT2D eigenvalue weighted by Crippen LogP contribution is -2.11. The first-order valence-corrected chi connectivity index (χ1v) is 12.7. The molecular formula is C35H30O4. The topological polar surface area (TPSA) is 63.6 Å². The fraction of sp³-hybridized carbons (Fsp3) is 0.0857. The molecule has 0 heterocycles. The van der Waals surface area contributed by atoms with Crippen molar-refractivity contribution in [2.24, 2.45) is 0 Å². The van der Waals surface area contributed by atoms with E-state index in [0.29, 0.717) is 16.7 Å². The van der Waals surface area contributed by atoms with Gasteiger partial charge in [-0.1, -0.05) is 140 Å². The molecular weight excluding hydrogens is 484 g/mol. The molecule has 0 aliphatic heterocycles. The third-order valence-corrected chi connectivity index (χ3v) is 6.36. The summed E-state index contributed by atoms with van der Waals surface area (Å²) in [6.45, 7) is 0. The van der Waals surface area contributed by atoms with Crippen molar-refractivity contribution in [2.45, 2.75) is 12.0 Å². The molecule has 0 fully saturated rings. The van der Waals surface area contributed by atoms with Crippen molar-refractivity contribution >= 4 is 11.8 Å². The molecule has 0 amide bonds. The third-order valence-electron chi connectivity index (χ3n) is 6.36. The lowest BCUT2D eigenvalue weighted by atomic mass is 9.83. The normalized spacial score (nSPS) is 11.2. The Morgan fingerprint density at radius 2 is 0.974 bits per heavy atom. The van der Waals surface area contributed by atoms with Crippen molar-refractivity contribution < 1.29 is 19.4 Å². The van der Waals surface area contributed by atoms with Crippen molar-refractivity contribution in [3.8, 4) is 0 Å². The molecule has 0 saturated heterocycles. The first-order valence-electron chi connectivity index (χ1n) is 12.7. The Labute approximate surface area is 229 Å². The molecule has 5 rings (SSSR count). The number of aliphatic hydroxyl groups excluding tert-OH is 1. The van der Waals surface area contributed by atoms with Crippen LogP contribution in [-0.4, -0.2) is 24.0 Å². The summed E-state index contributed by atoms with van der Waals surface area (Å²) in [4.78, 5) is 24.1. The van der Waals surface area contributed by atoms with Crippen LogP contribution in [0.3, 0.4) is 0 Å². The predicted octanol–water partition coefficient (Wildman–Crippen LogP) is 7.26. The van der Waals surface area contributed by atoms with Crippen LogP contribution in [0.1, 0.15) is 55.0 Å². The van der Waals surface area contributed by atoms with Crippen molar-refractivity contribution in [3.05, 3.63) is 179 Å². The Kier molecular flexibility index (Phi) is 9.54. The summed E-state index contributed by atoms with van der Waals surface area (Å²) < 4.78 is 4.96. The van der Waals surface area contributed by atoms with Gasteiger partial charge >= 0.3 is 5.97 Å². The fourth-order valence-electron chi connectivity index (χ4n) is 4.43. The van der Waals surface area contributed by atoms with Crippen LogP contribution >= 0.6 is 0 Å². The minimum atomic E-state index is -1.08. The second-order valence-electron chi connectivity index (χ2n) is 8.88. The molecule has 0 aromatic heterocycles. The highest BCUT2D eigenvalue weighted by molar-refractivity contribution is 5.99. The SMILES string of the molecule is COC(=O)c1ccccc1C(c1ccccc1)c1ccccc1.O=C(c1ccccc1)C(O)c1ccccc1. The van der Waals surface area contributed by atoms with E-state index in [0.717, 1.165) is 16.7 Å². The van der Waals surface area contributed by atoms with Gasteiger partial charge in [0.1, 0.15) is 6.10 Å². The Morgan fingerprint density at radius 3 is 1.46 bits per heavy atom. The lowest BCUT2D eigenvalue weighted by Gasteiger charge is -2.21. The quantitative estimate of drug-likeness (QED) is 0.141. The van der Waals surface area contributed by atoms with Crippen molar-refractivity contribution in [3.63, 3.8) is 0 Å². The number of ether oxygens (including phenoxy) is 1. The van der Waals surface area contributed by atoms with E-state index in [1.807, 2.05) is 72.8 Å². The maximum absolute atomic E-state index is 12.2. The van der Waals surface area contributed by atoms with E-state index >= 15 is 0 Å². The van der Waals surface area contributed by atoms with Crippen LogP contribution in [-0.2, 0) is 4.74 Å². The van der Waals surface area contributed by atoms with Crippen molar-refractivity contribution in [1.29, 1.82) is 0 Å². The molecule has 5 aromatic rings. The van der Waals surface area contributed by atoms with E-state index in [4.69, 9.17) is 4.74 Å². The van der Waals surface area contributed by atoms with Gasteiger partial charge in [0, 0.05) is 11.5 Å². The van der Waals surface area contributed by atoms with E-state index in [2.05, 4.69) is 24.3 Å². The number of aliphatic hydroxyl groups is 1. The van der Waals surface area contributed by atoms with E-state index in [1.165, 1.54) is 7.11 Å². The molecule has 0 bridgehead atoms. The minimum absolute atomic E-state index is 0.00676. The van der Waals surface area contributed by atoms with Crippen molar-refractivity contribution in [2.75, 3.05) is 7.11 Å². The maximum atomic E-state index is 12.2. The standard InChI is InChI=1S/C21H18O2.C14H12O2/c1-23-21(22)19-15-9-8-14-18(19)20(16-10-4-2-5-11-16)17-12-6-3-7-13-17;15-13(11-7-3-1-4-8-11)14(16)12-9-5-2-6-10-12/h2-15,20H,1H3;1-10,13,15H. The highest BCUT2D eigenvalue weighted by atomic mass is 16.5. The average Bonchev–Trinajstić information content (AvgIpc) is 3.02. The number of benzene rings is 5. The number of esters is 1. The minimum Gasteiger partial charge on any atom is -0.465 e. The van der Waals surface area contributed by atoms with E-state index < -0.39 is 6.10 Å². The molecule has 1 N–H and O–H groups in total. The van der Waals surface area contributed by atoms with Gasteiger partial charge in [0.2, 0.25) is 0 Å². The van der Waals surface area contributed by atoms with Crippen LogP contribution in [0.15, 0.2) is 146 Å². The second kappa shape index (κ2) is 13.7. The zero-order chi connectivity index (χ0) is 27.5. The van der Waals surface area contributed by atoms with Gasteiger partial charge in [0.05, 0.1) is 12.7 Å². The predicted molar refractivity (Wildman–Crippen MR) is 154 cm³/mol. The summed E-state index contributed by atoms with van der Waals surface area (Å²) in [5, 5.41) is 9.89. The lowest BCUT2D eigenvalue weighted by molar-refractivity contribution is 0.0599. The summed E-state index contributed by atoms with van der Waals surface area (Å²) in [6.07, 6.45) is -1.08. The van der Waals surface area contributed by atoms with Crippen LogP contribution < -0.4 is 0 Å². The Bertz CT molecular complexity index is 1430. The van der Waals surface area contributed by atoms with Gasteiger partial charge in [0.15, 0.2) is 5.78 Å². The molecule has 0 aliphatic rings. The molecule has 5 aromatic carbocycles. The number of Topliss-reactive ketones (excluding diaryl/α,β-unsaturated/α-hetero) is 1. The number of hydrogen-bond acceptors (Lipinski definition) is 4. The summed E-state index contributed by atoms with van der Waals surface area (Å²) in [6, 6.07) is 45.8. The van der Waals surface area contributed by atoms with Gasteiger partial charge in [0.25, 0.3) is 0 Å². The molecule has 39 heavy (non-hydrogen) atoms. The molecule has 0 spiro atoms. The average molecular weight is 515 g/mol. The zero-order valence-corrected chi connectivity index (χ0v) is 21.7. The van der Waals surface area contributed by atoms with E-state index in [-0.39, 0.29) is 17.7 Å². The second-order valence-corrected chi connectivity index (χ2v) is 8.88. The van der Waals surface area contributed by atoms with Crippen molar-refractivity contribution in [1.82, 2.24) is 0 Å². The van der Waals surface area contributed by atoms with Crippen LogP contribution in [0.5, 0.6) is 0 Å². The molecule has 0 radical (unpaired) electrons. The summed E-state index contributed by atoms with van der Waals surface area (Å²) in [5.41, 5.74) is 5.00. The van der Waals surface area contributed by atoms with Crippen LogP contribution in [0.2, 0.25) is 0 Å². The van der Waals surface area contributed by atoms with Gasteiger partial charge in [-0.2, -0.15) is 0 Å². The zero-order valence-electron chi connectivity index (χ0n) is 21.7. The van der Waals surface area contributed by atoms with Gasteiger partial charge in [-0.3, -0.25) is 4.79 Å². The Hall–Kier alpha value is -4.80. The number of rotatable bonds is 7. The van der Waals surface area contributed by atoms with E-state index in [9.17, 15) is 14.7 Å². The Balaban J connectivity index is 0.000000193. The monoisotopic (exact) mass is 514 g/mol. The van der Waals surface area contributed by atoms with Gasteiger partial charge in [-0.25, -0.2) is 4.79 Å². The van der Waals surface area contributed by atoms with Crippen LogP contribution in [0, 0.1) is 0 Å². The molecule has 194 valence electrons. The summed E-state index contributed by atoms with van der Waals surface area (Å²) in [7, 11) is 1.42. The number of hydrogen-bond donors (Lipinski definition) is 1. The number of ketones is 1. The number of methoxy groups -OCH3 is 1. The Morgan fingerprint density at radius 1 is 0.564 bits per heavy atom.